The Morgan fingerprint density at radius 3 is 2.33 bits per heavy atom. The summed E-state index contributed by atoms with van der Waals surface area (Å²) in [6, 6.07) is 3.92. The summed E-state index contributed by atoms with van der Waals surface area (Å²) in [6.07, 6.45) is 6.31. The van der Waals surface area contributed by atoms with E-state index in [0.717, 1.165) is 30.6 Å². The number of carboxylic acid groups (broad SMARTS) is 1. The highest BCUT2D eigenvalue weighted by molar-refractivity contribution is 6.04. The van der Waals surface area contributed by atoms with Gasteiger partial charge in [0.1, 0.15) is 11.3 Å². The lowest BCUT2D eigenvalue weighted by atomic mass is 9.87. The number of halogens is 1. The normalized spacial score (nSPS) is 17.6. The van der Waals surface area contributed by atoms with Crippen molar-refractivity contribution in [2.24, 2.45) is 7.05 Å². The summed E-state index contributed by atoms with van der Waals surface area (Å²) in [6.45, 7) is 12.5. The van der Waals surface area contributed by atoms with Gasteiger partial charge in [0.05, 0.1) is 18.6 Å². The van der Waals surface area contributed by atoms with Crippen LogP contribution in [0.3, 0.4) is 0 Å². The number of pyridine rings is 1. The number of carbonyl (C=O) groups excluding carboxylic acids is 1. The number of hydrogen-bond acceptors (Lipinski definition) is 6. The number of piperazine rings is 1. The van der Waals surface area contributed by atoms with Crippen LogP contribution in [0.2, 0.25) is 0 Å². The standard InChI is InChI=1S/C31H37FN4O4.C4H10O/c1-18-21-9-6-14-40-29(21)25(32)15-22(18)28-23(17-27(37)38)19(2)33-30-24(28)16-26(34(30)3)31(39)36-12-10-35(11-13-36)20-7-4-5-8-20;1-4(2,3)5/h15-16,20H,4-14,17H2,1-3H3,(H,37,38);5H,1-3H3. The van der Waals surface area contributed by atoms with Gasteiger partial charge in [-0.3, -0.25) is 14.5 Å². The molecule has 9 nitrogen and oxygen atoms in total. The molecule has 4 heterocycles. The van der Waals surface area contributed by atoms with E-state index in [4.69, 9.17) is 14.8 Å². The second kappa shape index (κ2) is 13.1. The molecule has 10 heteroatoms. The maximum Gasteiger partial charge on any atom is 0.307 e. The van der Waals surface area contributed by atoms with Crippen molar-refractivity contribution in [3.8, 4) is 16.9 Å². The summed E-state index contributed by atoms with van der Waals surface area (Å²) in [7, 11) is 1.82. The third kappa shape index (κ3) is 7.02. The first-order chi connectivity index (χ1) is 21.2. The molecule has 1 saturated carbocycles. The van der Waals surface area contributed by atoms with Gasteiger partial charge in [-0.2, -0.15) is 0 Å². The van der Waals surface area contributed by atoms with Crippen molar-refractivity contribution in [2.75, 3.05) is 32.8 Å². The number of benzene rings is 1. The zero-order chi connectivity index (χ0) is 32.6. The van der Waals surface area contributed by atoms with Gasteiger partial charge in [-0.25, -0.2) is 9.37 Å². The van der Waals surface area contributed by atoms with Crippen molar-refractivity contribution in [3.05, 3.63) is 46.0 Å². The highest BCUT2D eigenvalue weighted by Crippen LogP contribution is 2.42. The van der Waals surface area contributed by atoms with Crippen molar-refractivity contribution in [1.82, 2.24) is 19.4 Å². The number of nitrogens with zero attached hydrogens (tertiary/aromatic N) is 4. The van der Waals surface area contributed by atoms with Crippen molar-refractivity contribution in [1.29, 1.82) is 0 Å². The van der Waals surface area contributed by atoms with Gasteiger partial charge in [-0.15, -0.1) is 0 Å². The Morgan fingerprint density at radius 1 is 1.07 bits per heavy atom. The number of ether oxygens (including phenoxy) is 1. The Hall–Kier alpha value is -3.50. The van der Waals surface area contributed by atoms with Crippen molar-refractivity contribution < 1.29 is 28.9 Å². The van der Waals surface area contributed by atoms with Crippen LogP contribution in [0.15, 0.2) is 12.1 Å². The van der Waals surface area contributed by atoms with Gasteiger partial charge in [-0.05, 0) is 94.7 Å². The van der Waals surface area contributed by atoms with E-state index in [0.29, 0.717) is 71.3 Å². The second-order valence-corrected chi connectivity index (χ2v) is 13.7. The van der Waals surface area contributed by atoms with Crippen LogP contribution < -0.4 is 4.74 Å². The fraction of sp³-hybridized carbons (Fsp3) is 0.571. The lowest BCUT2D eigenvalue weighted by Gasteiger charge is -2.38. The minimum Gasteiger partial charge on any atom is -0.490 e. The average Bonchev–Trinajstić information content (AvgIpc) is 3.63. The van der Waals surface area contributed by atoms with Gasteiger partial charge >= 0.3 is 5.97 Å². The minimum absolute atomic E-state index is 0.0586. The molecule has 0 atom stereocenters. The van der Waals surface area contributed by atoms with E-state index in [1.807, 2.05) is 24.9 Å². The number of carboxylic acids is 1. The number of aliphatic hydroxyl groups is 1. The number of hydrogen-bond donors (Lipinski definition) is 2. The van der Waals surface area contributed by atoms with Crippen LogP contribution in [-0.2, 0) is 24.7 Å². The minimum atomic E-state index is -0.989. The summed E-state index contributed by atoms with van der Waals surface area (Å²) in [4.78, 5) is 35.0. The molecule has 0 spiro atoms. The molecule has 244 valence electrons. The number of fused-ring (bicyclic) bond motifs is 2. The average molecular weight is 623 g/mol. The third-order valence-corrected chi connectivity index (χ3v) is 9.18. The van der Waals surface area contributed by atoms with Gasteiger partial charge < -0.3 is 24.4 Å². The molecule has 0 unspecified atom stereocenters. The van der Waals surface area contributed by atoms with Gasteiger partial charge in [0.2, 0.25) is 0 Å². The molecular formula is C35H47FN4O5. The lowest BCUT2D eigenvalue weighted by molar-refractivity contribution is -0.136. The summed E-state index contributed by atoms with van der Waals surface area (Å²) < 4.78 is 22.8. The maximum atomic E-state index is 15.4. The van der Waals surface area contributed by atoms with Crippen molar-refractivity contribution >= 4 is 22.9 Å². The first-order valence-electron chi connectivity index (χ1n) is 16.2. The Morgan fingerprint density at radius 2 is 1.71 bits per heavy atom. The fourth-order valence-corrected chi connectivity index (χ4v) is 7.00. The van der Waals surface area contributed by atoms with Crippen LogP contribution in [0, 0.1) is 19.7 Å². The van der Waals surface area contributed by atoms with E-state index in [2.05, 4.69) is 4.90 Å². The quantitative estimate of drug-likeness (QED) is 0.391. The monoisotopic (exact) mass is 622 g/mol. The van der Waals surface area contributed by atoms with E-state index in [9.17, 15) is 14.7 Å². The molecule has 6 rings (SSSR count). The third-order valence-electron chi connectivity index (χ3n) is 9.18. The van der Waals surface area contributed by atoms with Gasteiger partial charge in [-0.1, -0.05) is 12.8 Å². The number of aryl methyl sites for hydroxylation is 2. The molecule has 0 radical (unpaired) electrons. The SMILES string of the molecule is CC(C)(C)O.Cc1nc2c(cc(C(=O)N3CCN(C4CCCC4)CC3)n2C)c(-c2cc(F)c3c(c2C)CCCO3)c1CC(=O)O. The highest BCUT2D eigenvalue weighted by Gasteiger charge is 2.31. The Bertz CT molecular complexity index is 1590. The van der Waals surface area contributed by atoms with Crippen LogP contribution in [0.4, 0.5) is 4.39 Å². The van der Waals surface area contributed by atoms with Crippen LogP contribution in [-0.4, -0.2) is 85.9 Å². The predicted molar refractivity (Wildman–Crippen MR) is 172 cm³/mol. The molecule has 1 saturated heterocycles. The van der Waals surface area contributed by atoms with Crippen LogP contribution >= 0.6 is 0 Å². The summed E-state index contributed by atoms with van der Waals surface area (Å²) in [5.74, 6) is -1.21. The highest BCUT2D eigenvalue weighted by atomic mass is 19.1. The van der Waals surface area contributed by atoms with Gasteiger partial charge in [0.15, 0.2) is 11.6 Å². The summed E-state index contributed by atoms with van der Waals surface area (Å²) in [5.41, 5.74) is 4.64. The number of carbonyl (C=O) groups is 2. The lowest BCUT2D eigenvalue weighted by Crippen LogP contribution is -2.51. The molecule has 2 fully saturated rings. The largest absolute Gasteiger partial charge is 0.490 e. The number of rotatable bonds is 5. The second-order valence-electron chi connectivity index (χ2n) is 13.7. The Balaban J connectivity index is 0.000000743. The zero-order valence-electron chi connectivity index (χ0n) is 27.5. The van der Waals surface area contributed by atoms with Gasteiger partial charge in [0, 0.05) is 55.9 Å². The summed E-state index contributed by atoms with van der Waals surface area (Å²) in [5, 5.41) is 19.0. The molecule has 2 aromatic heterocycles. The Kier molecular flexibility index (Phi) is 9.56. The molecule has 45 heavy (non-hydrogen) atoms. The molecule has 0 bridgehead atoms. The van der Waals surface area contributed by atoms with Crippen molar-refractivity contribution in [2.45, 2.75) is 91.2 Å². The van der Waals surface area contributed by atoms with E-state index in [-0.39, 0.29) is 18.1 Å². The molecule has 3 aliphatic rings. The van der Waals surface area contributed by atoms with Crippen LogP contribution in [0.5, 0.6) is 5.75 Å². The first kappa shape index (κ1) is 32.9. The van der Waals surface area contributed by atoms with Crippen LogP contribution in [0.1, 0.15) is 85.7 Å². The zero-order valence-corrected chi connectivity index (χ0v) is 27.5. The molecule has 3 aromatic rings. The molecular weight excluding hydrogens is 575 g/mol. The van der Waals surface area contributed by atoms with Crippen molar-refractivity contribution in [3.63, 3.8) is 0 Å². The maximum absolute atomic E-state index is 15.4. The Labute approximate surface area is 265 Å². The first-order valence-corrected chi connectivity index (χ1v) is 16.2. The number of aliphatic carboxylic acids is 1. The van der Waals surface area contributed by atoms with Gasteiger partial charge in [0.25, 0.3) is 5.91 Å². The topological polar surface area (TPSA) is 108 Å². The fourth-order valence-electron chi connectivity index (χ4n) is 7.00. The van der Waals surface area contributed by atoms with Crippen LogP contribution in [0.25, 0.3) is 22.2 Å². The van der Waals surface area contributed by atoms with E-state index in [1.165, 1.54) is 31.7 Å². The van der Waals surface area contributed by atoms with E-state index in [1.54, 1.807) is 32.3 Å². The van der Waals surface area contributed by atoms with E-state index >= 15 is 4.39 Å². The van der Waals surface area contributed by atoms with E-state index < -0.39 is 17.4 Å². The molecule has 1 amide bonds. The number of amides is 1. The summed E-state index contributed by atoms with van der Waals surface area (Å²) >= 11 is 0. The molecule has 2 aliphatic heterocycles. The predicted octanol–water partition coefficient (Wildman–Crippen LogP) is 5.43. The molecule has 2 N–H and O–H groups in total. The smallest absolute Gasteiger partial charge is 0.307 e. The molecule has 1 aromatic carbocycles. The number of aromatic nitrogens is 2. The molecule has 1 aliphatic carbocycles.